The minimum atomic E-state index is 0.247. The van der Waals surface area contributed by atoms with Crippen molar-refractivity contribution in [2.75, 3.05) is 0 Å². The monoisotopic (exact) mass is 236 g/mol. The number of hydrogen-bond donors (Lipinski definition) is 1. The van der Waals surface area contributed by atoms with Crippen molar-refractivity contribution in [3.63, 3.8) is 0 Å². The molecule has 1 aliphatic rings. The van der Waals surface area contributed by atoms with E-state index in [2.05, 4.69) is 39.1 Å². The highest BCUT2D eigenvalue weighted by molar-refractivity contribution is 4.97. The van der Waals surface area contributed by atoms with Crippen molar-refractivity contribution in [1.82, 2.24) is 5.32 Å². The first kappa shape index (κ1) is 14.5. The fourth-order valence-electron chi connectivity index (χ4n) is 2.99. The minimum absolute atomic E-state index is 0.247. The third kappa shape index (κ3) is 5.08. The Morgan fingerprint density at radius 2 is 1.71 bits per heavy atom. The molecule has 1 aliphatic carbocycles. The van der Waals surface area contributed by atoms with Gasteiger partial charge in [0, 0.05) is 12.1 Å². The van der Waals surface area contributed by atoms with Gasteiger partial charge in [0.25, 0.3) is 0 Å². The summed E-state index contributed by atoms with van der Waals surface area (Å²) >= 11 is 0. The molecule has 0 aromatic carbocycles. The molecule has 0 spiro atoms. The summed E-state index contributed by atoms with van der Waals surface area (Å²) in [5.41, 5.74) is 0. The second-order valence-corrected chi connectivity index (χ2v) is 6.40. The van der Waals surface area contributed by atoms with Crippen molar-refractivity contribution in [3.05, 3.63) is 0 Å². The average Bonchev–Trinajstić information content (AvgIpc) is 2.62. The van der Waals surface area contributed by atoms with Crippen LogP contribution in [0.5, 0.6) is 0 Å². The van der Waals surface area contributed by atoms with E-state index in [-0.39, 0.29) is 5.92 Å². The fourth-order valence-corrected chi connectivity index (χ4v) is 2.99. The maximum atomic E-state index is 9.12. The molecule has 1 rings (SSSR count). The Labute approximate surface area is 107 Å². The highest BCUT2D eigenvalue weighted by atomic mass is 15.0. The van der Waals surface area contributed by atoms with Crippen molar-refractivity contribution in [1.29, 1.82) is 5.26 Å². The van der Waals surface area contributed by atoms with Crippen LogP contribution in [-0.4, -0.2) is 12.1 Å². The van der Waals surface area contributed by atoms with E-state index in [1.54, 1.807) is 0 Å². The second kappa shape index (κ2) is 7.01. The van der Waals surface area contributed by atoms with Gasteiger partial charge in [-0.1, -0.05) is 34.1 Å². The zero-order chi connectivity index (χ0) is 12.8. The van der Waals surface area contributed by atoms with Crippen LogP contribution in [0.4, 0.5) is 0 Å². The summed E-state index contributed by atoms with van der Waals surface area (Å²) in [5, 5.41) is 12.9. The topological polar surface area (TPSA) is 35.8 Å². The molecule has 1 fully saturated rings. The lowest BCUT2D eigenvalue weighted by molar-refractivity contribution is 0.311. The van der Waals surface area contributed by atoms with Crippen molar-refractivity contribution >= 4 is 0 Å². The maximum Gasteiger partial charge on any atom is 0.0672 e. The van der Waals surface area contributed by atoms with Crippen LogP contribution >= 0.6 is 0 Å². The Morgan fingerprint density at radius 1 is 1.12 bits per heavy atom. The van der Waals surface area contributed by atoms with Gasteiger partial charge in [-0.05, 0) is 37.5 Å². The molecule has 1 N–H and O–H groups in total. The number of nitriles is 1. The van der Waals surface area contributed by atoms with Gasteiger partial charge < -0.3 is 5.32 Å². The lowest BCUT2D eigenvalue weighted by atomic mass is 9.93. The molecule has 98 valence electrons. The molecule has 17 heavy (non-hydrogen) atoms. The molecule has 2 atom stereocenters. The number of rotatable bonds is 6. The third-order valence-corrected chi connectivity index (χ3v) is 3.64. The van der Waals surface area contributed by atoms with E-state index in [1.807, 2.05) is 0 Å². The highest BCUT2D eigenvalue weighted by Gasteiger charge is 2.29. The van der Waals surface area contributed by atoms with Gasteiger partial charge in [0.1, 0.15) is 0 Å². The van der Waals surface area contributed by atoms with Crippen LogP contribution in [0, 0.1) is 29.1 Å². The maximum absolute atomic E-state index is 9.12. The van der Waals surface area contributed by atoms with Crippen LogP contribution in [0.2, 0.25) is 0 Å². The number of nitrogens with one attached hydrogen (secondary N) is 1. The van der Waals surface area contributed by atoms with Gasteiger partial charge in [-0.2, -0.15) is 5.26 Å². The van der Waals surface area contributed by atoms with Crippen LogP contribution in [-0.2, 0) is 0 Å². The molecular formula is C15H28N2. The Hall–Kier alpha value is -0.550. The molecule has 0 radical (unpaired) electrons. The second-order valence-electron chi connectivity index (χ2n) is 6.40. The van der Waals surface area contributed by atoms with Crippen molar-refractivity contribution in [3.8, 4) is 6.07 Å². The SMILES string of the molecule is CC(C)CC(CC(C)C)NC1CCCC1C#N. The molecule has 0 bridgehead atoms. The summed E-state index contributed by atoms with van der Waals surface area (Å²) in [6.07, 6.45) is 5.95. The van der Waals surface area contributed by atoms with E-state index < -0.39 is 0 Å². The van der Waals surface area contributed by atoms with Gasteiger partial charge >= 0.3 is 0 Å². The molecule has 0 aromatic rings. The van der Waals surface area contributed by atoms with Crippen LogP contribution < -0.4 is 5.32 Å². The zero-order valence-electron chi connectivity index (χ0n) is 11.9. The normalized spacial score (nSPS) is 24.8. The van der Waals surface area contributed by atoms with Crippen molar-refractivity contribution < 1.29 is 0 Å². The Kier molecular flexibility index (Phi) is 5.98. The molecule has 0 amide bonds. The van der Waals surface area contributed by atoms with Gasteiger partial charge in [0.15, 0.2) is 0 Å². The number of nitrogens with zero attached hydrogens (tertiary/aromatic N) is 1. The molecule has 0 aromatic heterocycles. The summed E-state index contributed by atoms with van der Waals surface area (Å²) in [4.78, 5) is 0. The van der Waals surface area contributed by atoms with Gasteiger partial charge in [-0.25, -0.2) is 0 Å². The van der Waals surface area contributed by atoms with Gasteiger partial charge in [-0.3, -0.25) is 0 Å². The molecule has 0 heterocycles. The lowest BCUT2D eigenvalue weighted by Gasteiger charge is -2.27. The molecule has 2 unspecified atom stereocenters. The first-order valence-corrected chi connectivity index (χ1v) is 7.18. The lowest BCUT2D eigenvalue weighted by Crippen LogP contribution is -2.41. The predicted molar refractivity (Wildman–Crippen MR) is 72.6 cm³/mol. The van der Waals surface area contributed by atoms with Crippen molar-refractivity contribution in [2.45, 2.75) is 71.9 Å². The quantitative estimate of drug-likeness (QED) is 0.762. The van der Waals surface area contributed by atoms with Crippen LogP contribution in [0.15, 0.2) is 0 Å². The highest BCUT2D eigenvalue weighted by Crippen LogP contribution is 2.26. The first-order valence-electron chi connectivity index (χ1n) is 7.18. The zero-order valence-corrected chi connectivity index (χ0v) is 11.9. The largest absolute Gasteiger partial charge is 0.310 e. The Bertz CT molecular complexity index is 242. The summed E-state index contributed by atoms with van der Waals surface area (Å²) < 4.78 is 0. The Balaban J connectivity index is 2.50. The molecule has 1 saturated carbocycles. The van der Waals surface area contributed by atoms with Crippen LogP contribution in [0.1, 0.15) is 59.8 Å². The van der Waals surface area contributed by atoms with E-state index in [0.29, 0.717) is 12.1 Å². The van der Waals surface area contributed by atoms with E-state index in [4.69, 9.17) is 5.26 Å². The van der Waals surface area contributed by atoms with Gasteiger partial charge in [-0.15, -0.1) is 0 Å². The Morgan fingerprint density at radius 3 is 2.18 bits per heavy atom. The summed E-state index contributed by atoms with van der Waals surface area (Å²) in [7, 11) is 0. The minimum Gasteiger partial charge on any atom is -0.310 e. The first-order chi connectivity index (χ1) is 8.02. The molecule has 2 nitrogen and oxygen atoms in total. The van der Waals surface area contributed by atoms with Gasteiger partial charge in [0.2, 0.25) is 0 Å². The van der Waals surface area contributed by atoms with Crippen LogP contribution in [0.3, 0.4) is 0 Å². The summed E-state index contributed by atoms with van der Waals surface area (Å²) in [6.45, 7) is 9.13. The number of hydrogen-bond acceptors (Lipinski definition) is 2. The molecule has 0 aliphatic heterocycles. The van der Waals surface area contributed by atoms with Crippen LogP contribution in [0.25, 0.3) is 0 Å². The van der Waals surface area contributed by atoms with E-state index in [0.717, 1.165) is 18.3 Å². The van der Waals surface area contributed by atoms with Crippen molar-refractivity contribution in [2.24, 2.45) is 17.8 Å². The summed E-state index contributed by atoms with van der Waals surface area (Å²) in [5.74, 6) is 1.71. The standard InChI is InChI=1S/C15H28N2/c1-11(2)8-14(9-12(3)4)17-15-7-5-6-13(15)10-16/h11-15,17H,5-9H2,1-4H3. The molecular weight excluding hydrogens is 208 g/mol. The van der Waals surface area contributed by atoms with E-state index in [1.165, 1.54) is 25.7 Å². The van der Waals surface area contributed by atoms with Gasteiger partial charge in [0.05, 0.1) is 12.0 Å². The van der Waals surface area contributed by atoms with E-state index in [9.17, 15) is 0 Å². The summed E-state index contributed by atoms with van der Waals surface area (Å²) in [6, 6.07) is 3.50. The average molecular weight is 236 g/mol. The predicted octanol–water partition coefficient (Wildman–Crippen LogP) is 3.73. The molecule has 2 heteroatoms. The smallest absolute Gasteiger partial charge is 0.0672 e. The molecule has 0 saturated heterocycles. The van der Waals surface area contributed by atoms with E-state index >= 15 is 0 Å². The third-order valence-electron chi connectivity index (χ3n) is 3.64. The fraction of sp³-hybridized carbons (Fsp3) is 0.933.